The zero-order valence-corrected chi connectivity index (χ0v) is 12.8. The van der Waals surface area contributed by atoms with Gasteiger partial charge in [-0.15, -0.1) is 11.3 Å². The largest absolute Gasteiger partial charge is 0.383 e. The Hall–Kier alpha value is -1.69. The Morgan fingerprint density at radius 1 is 1.29 bits per heavy atom. The molecule has 2 rings (SSSR count). The lowest BCUT2D eigenvalue weighted by atomic mass is 10.0. The average Bonchev–Trinajstić information content (AvgIpc) is 3.02. The lowest BCUT2D eigenvalue weighted by Gasteiger charge is -2.20. The summed E-state index contributed by atoms with van der Waals surface area (Å²) in [6.45, 7) is 0.217. The molecule has 0 aliphatic carbocycles. The molecule has 2 atom stereocenters. The molecular formula is C16H20N2O2S. The molecule has 4 nitrogen and oxygen atoms in total. The second-order valence-electron chi connectivity index (χ2n) is 4.83. The molecular weight excluding hydrogens is 284 g/mol. The van der Waals surface area contributed by atoms with Gasteiger partial charge in [0.25, 0.3) is 0 Å². The maximum atomic E-state index is 12.1. The Kier molecular flexibility index (Phi) is 5.92. The van der Waals surface area contributed by atoms with Gasteiger partial charge in [-0.05, 0) is 23.4 Å². The summed E-state index contributed by atoms with van der Waals surface area (Å²) in [5.41, 5.74) is 6.97. The molecule has 21 heavy (non-hydrogen) atoms. The maximum Gasteiger partial charge on any atom is 0.239 e. The number of benzene rings is 1. The molecule has 5 heteroatoms. The van der Waals surface area contributed by atoms with E-state index in [0.717, 1.165) is 11.3 Å². The van der Waals surface area contributed by atoms with E-state index in [4.69, 9.17) is 10.5 Å². The van der Waals surface area contributed by atoms with Gasteiger partial charge in [-0.2, -0.15) is 0 Å². The van der Waals surface area contributed by atoms with Crippen molar-refractivity contribution in [3.05, 3.63) is 58.3 Å². The van der Waals surface area contributed by atoms with Crippen LogP contribution in [0.3, 0.4) is 0 Å². The van der Waals surface area contributed by atoms with Crippen LogP contribution in [0.25, 0.3) is 0 Å². The summed E-state index contributed by atoms with van der Waals surface area (Å²) in [5, 5.41) is 5.03. The monoisotopic (exact) mass is 304 g/mol. The second-order valence-corrected chi connectivity index (χ2v) is 5.81. The number of hydrogen-bond acceptors (Lipinski definition) is 4. The first-order valence-electron chi connectivity index (χ1n) is 6.83. The van der Waals surface area contributed by atoms with Gasteiger partial charge in [0.05, 0.1) is 12.6 Å². The lowest BCUT2D eigenvalue weighted by molar-refractivity contribution is -0.124. The molecule has 0 saturated heterocycles. The van der Waals surface area contributed by atoms with Gasteiger partial charge >= 0.3 is 0 Å². The number of thiophene rings is 1. The number of amides is 1. The van der Waals surface area contributed by atoms with Crippen LogP contribution < -0.4 is 11.1 Å². The number of carbonyl (C=O) groups is 1. The van der Waals surface area contributed by atoms with E-state index in [-0.39, 0.29) is 18.6 Å². The fourth-order valence-corrected chi connectivity index (χ4v) is 2.87. The minimum Gasteiger partial charge on any atom is -0.383 e. The summed E-state index contributed by atoms with van der Waals surface area (Å²) in [4.78, 5) is 13.2. The molecule has 0 aliphatic rings. The fourth-order valence-electron chi connectivity index (χ4n) is 2.10. The first kappa shape index (κ1) is 15.7. The predicted octanol–water partition coefficient (Wildman–Crippen LogP) is 2.12. The van der Waals surface area contributed by atoms with Crippen molar-refractivity contribution in [2.75, 3.05) is 13.7 Å². The van der Waals surface area contributed by atoms with Crippen LogP contribution in [0.2, 0.25) is 0 Å². The number of nitrogens with one attached hydrogen (secondary N) is 1. The third kappa shape index (κ3) is 4.67. The highest BCUT2D eigenvalue weighted by Crippen LogP contribution is 2.23. The highest BCUT2D eigenvalue weighted by Gasteiger charge is 2.20. The van der Waals surface area contributed by atoms with Gasteiger partial charge < -0.3 is 15.8 Å². The molecule has 2 unspecified atom stereocenters. The molecule has 0 radical (unpaired) electrons. The smallest absolute Gasteiger partial charge is 0.239 e. The van der Waals surface area contributed by atoms with Crippen molar-refractivity contribution in [2.45, 2.75) is 18.5 Å². The number of ether oxygens (including phenoxy) is 1. The van der Waals surface area contributed by atoms with Gasteiger partial charge in [-0.1, -0.05) is 36.4 Å². The van der Waals surface area contributed by atoms with Gasteiger partial charge in [0.15, 0.2) is 0 Å². The lowest BCUT2D eigenvalue weighted by Crippen LogP contribution is -2.45. The van der Waals surface area contributed by atoms with Crippen molar-refractivity contribution in [2.24, 2.45) is 5.73 Å². The van der Waals surface area contributed by atoms with E-state index in [0.29, 0.717) is 0 Å². The molecule has 2 aromatic rings. The zero-order valence-electron chi connectivity index (χ0n) is 12.0. The molecule has 0 bridgehead atoms. The predicted molar refractivity (Wildman–Crippen MR) is 85.2 cm³/mol. The van der Waals surface area contributed by atoms with Gasteiger partial charge in [-0.25, -0.2) is 0 Å². The summed E-state index contributed by atoms with van der Waals surface area (Å²) in [6.07, 6.45) is 0.743. The van der Waals surface area contributed by atoms with Crippen LogP contribution in [-0.4, -0.2) is 25.7 Å². The van der Waals surface area contributed by atoms with E-state index >= 15 is 0 Å². The van der Waals surface area contributed by atoms with E-state index in [9.17, 15) is 4.79 Å². The minimum absolute atomic E-state index is 0.0668. The minimum atomic E-state index is -0.645. The molecule has 3 N–H and O–H groups in total. The zero-order chi connectivity index (χ0) is 15.1. The average molecular weight is 304 g/mol. The van der Waals surface area contributed by atoms with Gasteiger partial charge in [0.2, 0.25) is 5.91 Å². The fraction of sp³-hybridized carbons (Fsp3) is 0.312. The summed E-state index contributed by atoms with van der Waals surface area (Å²) < 4.78 is 4.93. The Bertz CT molecular complexity index is 543. The van der Waals surface area contributed by atoms with E-state index < -0.39 is 6.04 Å². The highest BCUT2D eigenvalue weighted by molar-refractivity contribution is 7.10. The van der Waals surface area contributed by atoms with E-state index in [1.54, 1.807) is 11.3 Å². The van der Waals surface area contributed by atoms with Gasteiger partial charge in [-0.3, -0.25) is 4.79 Å². The Morgan fingerprint density at radius 2 is 2.05 bits per heavy atom. The molecule has 0 spiro atoms. The maximum absolute atomic E-state index is 12.1. The van der Waals surface area contributed by atoms with Gasteiger partial charge in [0, 0.05) is 12.0 Å². The van der Waals surface area contributed by atoms with Crippen LogP contribution in [-0.2, 0) is 16.0 Å². The molecule has 0 fully saturated rings. The summed E-state index contributed by atoms with van der Waals surface area (Å²) in [6, 6.07) is 13.4. The normalized spacial score (nSPS) is 13.6. The quantitative estimate of drug-likeness (QED) is 0.823. The Morgan fingerprint density at radius 3 is 2.67 bits per heavy atom. The van der Waals surface area contributed by atoms with Crippen molar-refractivity contribution in [1.29, 1.82) is 0 Å². The van der Waals surface area contributed by atoms with Crippen LogP contribution >= 0.6 is 11.3 Å². The number of rotatable bonds is 7. The van der Waals surface area contributed by atoms with Gasteiger partial charge in [0.1, 0.15) is 6.04 Å². The van der Waals surface area contributed by atoms with Crippen LogP contribution in [0.15, 0.2) is 47.8 Å². The molecule has 1 aromatic carbocycles. The molecule has 0 aliphatic heterocycles. The number of carbonyl (C=O) groups excluding carboxylic acids is 1. The first-order chi connectivity index (χ1) is 10.2. The molecule has 1 aromatic heterocycles. The van der Waals surface area contributed by atoms with Crippen LogP contribution in [0.1, 0.15) is 16.5 Å². The number of methoxy groups -OCH3 is 1. The Labute approximate surface area is 128 Å². The SMILES string of the molecule is COCC(N)C(=O)NC(Cc1ccccc1)c1cccs1. The van der Waals surface area contributed by atoms with Crippen LogP contribution in [0.5, 0.6) is 0 Å². The third-order valence-electron chi connectivity index (χ3n) is 3.17. The topological polar surface area (TPSA) is 64.3 Å². The second kappa shape index (κ2) is 7.93. The summed E-state index contributed by atoms with van der Waals surface area (Å²) in [7, 11) is 1.54. The molecule has 1 amide bonds. The summed E-state index contributed by atoms with van der Waals surface area (Å²) >= 11 is 1.63. The van der Waals surface area contributed by atoms with Crippen molar-refractivity contribution in [3.63, 3.8) is 0 Å². The third-order valence-corrected chi connectivity index (χ3v) is 4.15. The van der Waals surface area contributed by atoms with E-state index in [2.05, 4.69) is 17.4 Å². The van der Waals surface area contributed by atoms with Crippen molar-refractivity contribution >= 4 is 17.2 Å². The van der Waals surface area contributed by atoms with Crippen LogP contribution in [0, 0.1) is 0 Å². The van der Waals surface area contributed by atoms with E-state index in [1.165, 1.54) is 12.7 Å². The van der Waals surface area contributed by atoms with E-state index in [1.807, 2.05) is 35.7 Å². The van der Waals surface area contributed by atoms with Crippen molar-refractivity contribution in [1.82, 2.24) is 5.32 Å². The Balaban J connectivity index is 2.08. The highest BCUT2D eigenvalue weighted by atomic mass is 32.1. The number of nitrogens with two attached hydrogens (primary N) is 1. The first-order valence-corrected chi connectivity index (χ1v) is 7.71. The van der Waals surface area contributed by atoms with Crippen molar-refractivity contribution < 1.29 is 9.53 Å². The summed E-state index contributed by atoms with van der Waals surface area (Å²) in [5.74, 6) is -0.189. The molecule has 1 heterocycles. The van der Waals surface area contributed by atoms with Crippen LogP contribution in [0.4, 0.5) is 0 Å². The van der Waals surface area contributed by atoms with Crippen molar-refractivity contribution in [3.8, 4) is 0 Å². The number of hydrogen-bond donors (Lipinski definition) is 2. The molecule has 112 valence electrons. The molecule has 0 saturated carbocycles. The standard InChI is InChI=1S/C16H20N2O2S/c1-20-11-13(17)16(19)18-14(15-8-5-9-21-15)10-12-6-3-2-4-7-12/h2-9,13-14H,10-11,17H2,1H3,(H,18,19).